The SMILES string of the molecule is C/C=C/c1ccc(-c2ccc3c(c2)c2ccccc2n3-c2ccc3c(c2)C(C)(C)c2ccccc2-3)cc1. The first-order chi connectivity index (χ1) is 18.1. The van der Waals surface area contributed by atoms with Crippen molar-refractivity contribution in [2.75, 3.05) is 0 Å². The van der Waals surface area contributed by atoms with E-state index in [1.165, 1.54) is 66.4 Å². The van der Waals surface area contributed by atoms with Crippen molar-refractivity contribution in [1.29, 1.82) is 0 Å². The van der Waals surface area contributed by atoms with Gasteiger partial charge in [0.1, 0.15) is 0 Å². The van der Waals surface area contributed by atoms with Crippen molar-refractivity contribution in [1.82, 2.24) is 4.57 Å². The number of fused-ring (bicyclic) bond motifs is 6. The first kappa shape index (κ1) is 21.9. The predicted octanol–water partition coefficient (Wildman–Crippen LogP) is 9.79. The average molecular weight is 476 g/mol. The fraction of sp³-hybridized carbons (Fsp3) is 0.111. The lowest BCUT2D eigenvalue weighted by atomic mass is 9.82. The van der Waals surface area contributed by atoms with Crippen molar-refractivity contribution in [3.8, 4) is 27.9 Å². The second kappa shape index (κ2) is 8.08. The van der Waals surface area contributed by atoms with Crippen LogP contribution in [0.5, 0.6) is 0 Å². The molecule has 0 N–H and O–H groups in total. The molecule has 37 heavy (non-hydrogen) atoms. The van der Waals surface area contributed by atoms with Crippen molar-refractivity contribution >= 4 is 27.9 Å². The van der Waals surface area contributed by atoms with Crippen LogP contribution < -0.4 is 0 Å². The zero-order valence-corrected chi connectivity index (χ0v) is 21.5. The molecule has 7 rings (SSSR count). The minimum atomic E-state index is -0.0208. The van der Waals surface area contributed by atoms with Crippen LogP contribution in [-0.4, -0.2) is 4.57 Å². The third-order valence-corrected chi connectivity index (χ3v) is 8.10. The predicted molar refractivity (Wildman–Crippen MR) is 158 cm³/mol. The van der Waals surface area contributed by atoms with Crippen molar-refractivity contribution in [3.63, 3.8) is 0 Å². The molecular weight excluding hydrogens is 446 g/mol. The Morgan fingerprint density at radius 1 is 0.595 bits per heavy atom. The molecular formula is C36H29N. The number of allylic oxidation sites excluding steroid dienone is 1. The van der Waals surface area contributed by atoms with Gasteiger partial charge in [-0.3, -0.25) is 0 Å². The zero-order valence-electron chi connectivity index (χ0n) is 21.5. The van der Waals surface area contributed by atoms with Gasteiger partial charge in [0, 0.05) is 21.9 Å². The molecule has 1 aliphatic rings. The van der Waals surface area contributed by atoms with E-state index in [-0.39, 0.29) is 5.41 Å². The number of hydrogen-bond donors (Lipinski definition) is 0. The van der Waals surface area contributed by atoms with E-state index in [1.807, 2.05) is 0 Å². The molecule has 0 radical (unpaired) electrons. The molecule has 0 saturated heterocycles. The molecule has 5 aromatic carbocycles. The summed E-state index contributed by atoms with van der Waals surface area (Å²) in [6, 6.07) is 40.4. The van der Waals surface area contributed by atoms with Gasteiger partial charge in [-0.2, -0.15) is 0 Å². The highest BCUT2D eigenvalue weighted by Gasteiger charge is 2.35. The van der Waals surface area contributed by atoms with Crippen LogP contribution in [0, 0.1) is 0 Å². The molecule has 1 heterocycles. The fourth-order valence-electron chi connectivity index (χ4n) is 6.24. The lowest BCUT2D eigenvalue weighted by Gasteiger charge is -2.22. The number of rotatable bonds is 3. The molecule has 1 aliphatic carbocycles. The first-order valence-electron chi connectivity index (χ1n) is 13.1. The quantitative estimate of drug-likeness (QED) is 0.240. The lowest BCUT2D eigenvalue weighted by Crippen LogP contribution is -2.15. The van der Waals surface area contributed by atoms with Gasteiger partial charge in [0.05, 0.1) is 11.0 Å². The van der Waals surface area contributed by atoms with E-state index >= 15 is 0 Å². The van der Waals surface area contributed by atoms with Gasteiger partial charge in [0.25, 0.3) is 0 Å². The molecule has 0 bridgehead atoms. The summed E-state index contributed by atoms with van der Waals surface area (Å²) in [7, 11) is 0. The van der Waals surface area contributed by atoms with Crippen molar-refractivity contribution in [2.45, 2.75) is 26.2 Å². The van der Waals surface area contributed by atoms with E-state index in [1.54, 1.807) is 0 Å². The van der Waals surface area contributed by atoms with Crippen LogP contribution in [0.4, 0.5) is 0 Å². The largest absolute Gasteiger partial charge is 0.309 e. The maximum absolute atomic E-state index is 2.43. The van der Waals surface area contributed by atoms with Crippen LogP contribution in [0.1, 0.15) is 37.5 Å². The monoisotopic (exact) mass is 475 g/mol. The normalized spacial score (nSPS) is 13.9. The Labute approximate surface area is 218 Å². The Morgan fingerprint density at radius 3 is 2.14 bits per heavy atom. The molecule has 6 aromatic rings. The highest BCUT2D eigenvalue weighted by molar-refractivity contribution is 6.10. The molecule has 0 unspecified atom stereocenters. The summed E-state index contributed by atoms with van der Waals surface area (Å²) in [4.78, 5) is 0. The van der Waals surface area contributed by atoms with E-state index < -0.39 is 0 Å². The summed E-state index contributed by atoms with van der Waals surface area (Å²) in [5.74, 6) is 0. The summed E-state index contributed by atoms with van der Waals surface area (Å²) >= 11 is 0. The second-order valence-corrected chi connectivity index (χ2v) is 10.6. The van der Waals surface area contributed by atoms with Gasteiger partial charge < -0.3 is 4.57 Å². The third-order valence-electron chi connectivity index (χ3n) is 8.10. The van der Waals surface area contributed by atoms with Gasteiger partial charge in [-0.25, -0.2) is 0 Å². The summed E-state index contributed by atoms with van der Waals surface area (Å²) < 4.78 is 2.43. The van der Waals surface area contributed by atoms with Gasteiger partial charge in [0.15, 0.2) is 0 Å². The highest BCUT2D eigenvalue weighted by Crippen LogP contribution is 2.49. The van der Waals surface area contributed by atoms with Gasteiger partial charge in [-0.15, -0.1) is 0 Å². The topological polar surface area (TPSA) is 4.93 Å². The van der Waals surface area contributed by atoms with E-state index in [4.69, 9.17) is 0 Å². The maximum atomic E-state index is 2.43. The Kier molecular flexibility index (Phi) is 4.78. The van der Waals surface area contributed by atoms with E-state index in [0.29, 0.717) is 0 Å². The van der Waals surface area contributed by atoms with Crippen LogP contribution in [0.3, 0.4) is 0 Å². The number of para-hydroxylation sites is 1. The Bertz CT molecular complexity index is 1840. The Morgan fingerprint density at radius 2 is 1.30 bits per heavy atom. The number of hydrogen-bond acceptors (Lipinski definition) is 0. The van der Waals surface area contributed by atoms with Crippen molar-refractivity contribution in [3.05, 3.63) is 132 Å². The van der Waals surface area contributed by atoms with Gasteiger partial charge in [-0.05, 0) is 76.2 Å². The molecule has 0 atom stereocenters. The zero-order chi connectivity index (χ0) is 25.1. The average Bonchev–Trinajstić information content (AvgIpc) is 3.38. The van der Waals surface area contributed by atoms with Crippen molar-refractivity contribution in [2.24, 2.45) is 0 Å². The van der Waals surface area contributed by atoms with Gasteiger partial charge in [-0.1, -0.05) is 105 Å². The maximum Gasteiger partial charge on any atom is 0.0541 e. The minimum absolute atomic E-state index is 0.0208. The molecule has 1 aromatic heterocycles. The molecule has 0 spiro atoms. The van der Waals surface area contributed by atoms with E-state index in [9.17, 15) is 0 Å². The Hall–Kier alpha value is -4.36. The minimum Gasteiger partial charge on any atom is -0.309 e. The van der Waals surface area contributed by atoms with Crippen LogP contribution in [0.2, 0.25) is 0 Å². The van der Waals surface area contributed by atoms with Crippen molar-refractivity contribution < 1.29 is 0 Å². The molecule has 178 valence electrons. The highest BCUT2D eigenvalue weighted by atomic mass is 15.0. The molecule has 0 saturated carbocycles. The molecule has 1 heteroatoms. The number of benzene rings is 5. The smallest absolute Gasteiger partial charge is 0.0541 e. The summed E-state index contributed by atoms with van der Waals surface area (Å²) in [6.07, 6.45) is 4.21. The fourth-order valence-corrected chi connectivity index (χ4v) is 6.24. The Balaban J connectivity index is 1.42. The van der Waals surface area contributed by atoms with Gasteiger partial charge in [0.2, 0.25) is 0 Å². The van der Waals surface area contributed by atoms with Crippen LogP contribution in [0.15, 0.2) is 115 Å². The molecule has 0 aliphatic heterocycles. The molecule has 0 fully saturated rings. The molecule has 1 nitrogen and oxygen atoms in total. The number of aromatic nitrogens is 1. The summed E-state index contributed by atoms with van der Waals surface area (Å²) in [5, 5.41) is 2.57. The summed E-state index contributed by atoms with van der Waals surface area (Å²) in [5.41, 5.74) is 12.9. The van der Waals surface area contributed by atoms with Crippen LogP contribution in [0.25, 0.3) is 55.8 Å². The van der Waals surface area contributed by atoms with E-state index in [2.05, 4.69) is 147 Å². The van der Waals surface area contributed by atoms with Crippen LogP contribution >= 0.6 is 0 Å². The first-order valence-corrected chi connectivity index (χ1v) is 13.1. The number of nitrogens with zero attached hydrogens (tertiary/aromatic N) is 1. The standard InChI is InChI=1S/C36H29N/c1-4-9-24-14-16-25(17-15-24)26-18-21-35-31(22-26)30-11-6-8-13-34(30)37(35)27-19-20-29-28-10-5-7-12-32(28)36(2,3)33(29)23-27/h4-23H,1-3H3/b9-4+. The summed E-state index contributed by atoms with van der Waals surface area (Å²) in [6.45, 7) is 6.75. The van der Waals surface area contributed by atoms with Gasteiger partial charge >= 0.3 is 0 Å². The lowest BCUT2D eigenvalue weighted by molar-refractivity contribution is 0.660. The van der Waals surface area contributed by atoms with E-state index in [0.717, 1.165) is 0 Å². The molecule has 0 amide bonds. The third kappa shape index (κ3) is 3.24. The second-order valence-electron chi connectivity index (χ2n) is 10.6. The van der Waals surface area contributed by atoms with Crippen LogP contribution in [-0.2, 0) is 5.41 Å².